The molecule has 0 aliphatic carbocycles. The van der Waals surface area contributed by atoms with E-state index in [1.54, 1.807) is 6.92 Å². The van der Waals surface area contributed by atoms with E-state index >= 15 is 0 Å². The molecule has 0 amide bonds. The smallest absolute Gasteiger partial charge is 0.177 e. The summed E-state index contributed by atoms with van der Waals surface area (Å²) >= 11 is 5.51. The number of aliphatic hydroxyl groups excluding tert-OH is 1. The minimum atomic E-state index is -1.16. The van der Waals surface area contributed by atoms with Crippen molar-refractivity contribution >= 4 is 11.6 Å². The van der Waals surface area contributed by atoms with E-state index in [1.165, 1.54) is 6.07 Å². The molecule has 0 radical (unpaired) electrons. The number of hydrogen-bond donors (Lipinski definition) is 2. The molecule has 0 saturated heterocycles. The Morgan fingerprint density at radius 2 is 2.00 bits per heavy atom. The van der Waals surface area contributed by atoms with Gasteiger partial charge in [-0.1, -0.05) is 17.7 Å². The van der Waals surface area contributed by atoms with Crippen LogP contribution in [0.2, 0.25) is 5.02 Å². The van der Waals surface area contributed by atoms with Crippen molar-refractivity contribution < 1.29 is 13.9 Å². The molecular weight excluding hydrogens is 212 g/mol. The Balaban J connectivity index is 3.17. The van der Waals surface area contributed by atoms with Gasteiger partial charge in [-0.05, 0) is 13.0 Å². The van der Waals surface area contributed by atoms with E-state index in [2.05, 4.69) is 0 Å². The fourth-order valence-corrected chi connectivity index (χ4v) is 1.32. The van der Waals surface area contributed by atoms with Crippen LogP contribution in [0.4, 0.5) is 8.78 Å². The number of halogens is 3. The zero-order valence-electron chi connectivity index (χ0n) is 7.47. The Morgan fingerprint density at radius 1 is 1.43 bits per heavy atom. The van der Waals surface area contributed by atoms with E-state index in [4.69, 9.17) is 17.3 Å². The molecule has 2 nitrogen and oxygen atoms in total. The van der Waals surface area contributed by atoms with E-state index in [0.29, 0.717) is 0 Å². The normalized spacial score (nSPS) is 15.3. The topological polar surface area (TPSA) is 46.2 Å². The van der Waals surface area contributed by atoms with E-state index in [-0.39, 0.29) is 5.56 Å². The summed E-state index contributed by atoms with van der Waals surface area (Å²) in [6, 6.07) is 1.52. The molecule has 1 aromatic carbocycles. The summed E-state index contributed by atoms with van der Waals surface area (Å²) < 4.78 is 25.6. The molecule has 14 heavy (non-hydrogen) atoms. The highest BCUT2D eigenvalue weighted by Crippen LogP contribution is 2.28. The van der Waals surface area contributed by atoms with Crippen LogP contribution < -0.4 is 5.73 Å². The molecule has 0 fully saturated rings. The van der Waals surface area contributed by atoms with Gasteiger partial charge in [-0.3, -0.25) is 0 Å². The van der Waals surface area contributed by atoms with Gasteiger partial charge in [0, 0.05) is 11.6 Å². The highest BCUT2D eigenvalue weighted by Gasteiger charge is 2.19. The van der Waals surface area contributed by atoms with Crippen LogP contribution in [0.1, 0.15) is 18.6 Å². The van der Waals surface area contributed by atoms with Crippen LogP contribution in [0.25, 0.3) is 0 Å². The standard InChI is InChI=1S/C9H10ClF2NO/c1-4(13)9(14)5-2-3-6(11)8(12)7(5)10/h2-4,9,14H,13H2,1H3. The largest absolute Gasteiger partial charge is 0.387 e. The third-order valence-electron chi connectivity index (χ3n) is 1.88. The molecule has 0 aliphatic rings. The third kappa shape index (κ3) is 2.03. The van der Waals surface area contributed by atoms with Crippen LogP contribution in [0.5, 0.6) is 0 Å². The monoisotopic (exact) mass is 221 g/mol. The predicted octanol–water partition coefficient (Wildman–Crippen LogP) is 2.00. The zero-order valence-corrected chi connectivity index (χ0v) is 8.22. The van der Waals surface area contributed by atoms with E-state index in [0.717, 1.165) is 6.07 Å². The summed E-state index contributed by atoms with van der Waals surface area (Å²) in [7, 11) is 0. The Bertz CT molecular complexity index is 344. The molecule has 2 atom stereocenters. The van der Waals surface area contributed by atoms with E-state index in [1.807, 2.05) is 0 Å². The van der Waals surface area contributed by atoms with Gasteiger partial charge in [0.25, 0.3) is 0 Å². The molecular formula is C9H10ClF2NO. The molecule has 3 N–H and O–H groups in total. The van der Waals surface area contributed by atoms with Gasteiger partial charge < -0.3 is 10.8 Å². The van der Waals surface area contributed by atoms with Crippen LogP contribution in [0.15, 0.2) is 12.1 Å². The van der Waals surface area contributed by atoms with Gasteiger partial charge in [0.2, 0.25) is 0 Å². The van der Waals surface area contributed by atoms with Gasteiger partial charge in [-0.25, -0.2) is 8.78 Å². The van der Waals surface area contributed by atoms with E-state index < -0.39 is 28.8 Å². The fraction of sp³-hybridized carbons (Fsp3) is 0.333. The number of benzene rings is 1. The van der Waals surface area contributed by atoms with Gasteiger partial charge in [-0.15, -0.1) is 0 Å². The van der Waals surface area contributed by atoms with Gasteiger partial charge in [0.05, 0.1) is 11.1 Å². The Kier molecular flexibility index (Phi) is 3.42. The molecule has 1 rings (SSSR count). The molecule has 1 aromatic rings. The Morgan fingerprint density at radius 3 is 2.50 bits per heavy atom. The molecule has 5 heteroatoms. The maximum atomic E-state index is 13.0. The number of rotatable bonds is 2. The maximum Gasteiger partial charge on any atom is 0.177 e. The second-order valence-corrected chi connectivity index (χ2v) is 3.45. The first kappa shape index (κ1) is 11.4. The first-order valence-corrected chi connectivity index (χ1v) is 4.40. The zero-order chi connectivity index (χ0) is 10.9. The summed E-state index contributed by atoms with van der Waals surface area (Å²) in [6.45, 7) is 1.54. The lowest BCUT2D eigenvalue weighted by atomic mass is 10.0. The Labute approximate surface area is 85.3 Å². The summed E-state index contributed by atoms with van der Waals surface area (Å²) in [5.41, 5.74) is 5.50. The first-order chi connectivity index (χ1) is 6.45. The van der Waals surface area contributed by atoms with E-state index in [9.17, 15) is 13.9 Å². The molecule has 0 aromatic heterocycles. The summed E-state index contributed by atoms with van der Waals surface area (Å²) in [4.78, 5) is 0. The molecule has 0 spiro atoms. The lowest BCUT2D eigenvalue weighted by Gasteiger charge is -2.16. The lowest BCUT2D eigenvalue weighted by Crippen LogP contribution is -2.24. The number of aliphatic hydroxyl groups is 1. The first-order valence-electron chi connectivity index (χ1n) is 4.02. The molecule has 0 heterocycles. The molecule has 0 saturated carbocycles. The molecule has 2 unspecified atom stereocenters. The van der Waals surface area contributed by atoms with Crippen LogP contribution in [0, 0.1) is 11.6 Å². The van der Waals surface area contributed by atoms with Crippen molar-refractivity contribution in [1.29, 1.82) is 0 Å². The van der Waals surface area contributed by atoms with Crippen molar-refractivity contribution in [2.45, 2.75) is 19.1 Å². The Hall–Kier alpha value is -0.710. The number of nitrogens with two attached hydrogens (primary N) is 1. The second kappa shape index (κ2) is 4.21. The van der Waals surface area contributed by atoms with Crippen LogP contribution >= 0.6 is 11.6 Å². The van der Waals surface area contributed by atoms with Crippen molar-refractivity contribution in [3.63, 3.8) is 0 Å². The van der Waals surface area contributed by atoms with Crippen LogP contribution in [-0.4, -0.2) is 11.1 Å². The minimum Gasteiger partial charge on any atom is -0.387 e. The average molecular weight is 222 g/mol. The maximum absolute atomic E-state index is 13.0. The highest BCUT2D eigenvalue weighted by molar-refractivity contribution is 6.31. The summed E-state index contributed by atoms with van der Waals surface area (Å²) in [5.74, 6) is -2.21. The van der Waals surface area contributed by atoms with Gasteiger partial charge in [-0.2, -0.15) is 0 Å². The molecule has 0 bridgehead atoms. The van der Waals surface area contributed by atoms with Crippen LogP contribution in [0.3, 0.4) is 0 Å². The number of hydrogen-bond acceptors (Lipinski definition) is 2. The average Bonchev–Trinajstić information content (AvgIpc) is 2.13. The van der Waals surface area contributed by atoms with Crippen LogP contribution in [-0.2, 0) is 0 Å². The van der Waals surface area contributed by atoms with Crippen molar-refractivity contribution in [3.8, 4) is 0 Å². The predicted molar refractivity (Wildman–Crippen MR) is 50.0 cm³/mol. The van der Waals surface area contributed by atoms with Crippen molar-refractivity contribution in [1.82, 2.24) is 0 Å². The van der Waals surface area contributed by atoms with Crippen molar-refractivity contribution in [2.24, 2.45) is 5.73 Å². The minimum absolute atomic E-state index is 0.0977. The van der Waals surface area contributed by atoms with Gasteiger partial charge >= 0.3 is 0 Å². The summed E-state index contributed by atoms with van der Waals surface area (Å²) in [6.07, 6.45) is -1.10. The highest BCUT2D eigenvalue weighted by atomic mass is 35.5. The fourth-order valence-electron chi connectivity index (χ4n) is 1.05. The van der Waals surface area contributed by atoms with Crippen molar-refractivity contribution in [2.75, 3.05) is 0 Å². The summed E-state index contributed by atoms with van der Waals surface area (Å²) in [5, 5.41) is 9.07. The lowest BCUT2D eigenvalue weighted by molar-refractivity contribution is 0.153. The quantitative estimate of drug-likeness (QED) is 0.751. The van der Waals surface area contributed by atoms with Gasteiger partial charge in [0.1, 0.15) is 0 Å². The molecule has 78 valence electrons. The SMILES string of the molecule is CC(N)C(O)c1ccc(F)c(F)c1Cl. The van der Waals surface area contributed by atoms with Gasteiger partial charge in [0.15, 0.2) is 11.6 Å². The second-order valence-electron chi connectivity index (χ2n) is 3.07. The third-order valence-corrected chi connectivity index (χ3v) is 2.27. The van der Waals surface area contributed by atoms with Crippen molar-refractivity contribution in [3.05, 3.63) is 34.4 Å². The molecule has 0 aliphatic heterocycles.